The molecule has 284 valence electrons. The molecule has 2 heterocycles. The molecule has 0 aromatic carbocycles. The molecule has 0 spiro atoms. The van der Waals surface area contributed by atoms with Gasteiger partial charge in [-0.25, -0.2) is 24.1 Å². The summed E-state index contributed by atoms with van der Waals surface area (Å²) in [6.07, 6.45) is 9.32. The van der Waals surface area contributed by atoms with Crippen molar-refractivity contribution in [1.29, 1.82) is 0 Å². The fourth-order valence-electron chi connectivity index (χ4n) is 6.34. The van der Waals surface area contributed by atoms with Crippen molar-refractivity contribution in [3.8, 4) is 0 Å². The molecule has 2 saturated carbocycles. The van der Waals surface area contributed by atoms with Crippen molar-refractivity contribution in [2.24, 2.45) is 11.3 Å². The molecule has 0 amide bonds. The molecule has 1 N–H and O–H groups in total. The van der Waals surface area contributed by atoms with E-state index in [1.165, 1.54) is 0 Å². The van der Waals surface area contributed by atoms with Gasteiger partial charge >= 0.3 is 15.6 Å². The van der Waals surface area contributed by atoms with Crippen LogP contribution in [0.1, 0.15) is 134 Å². The van der Waals surface area contributed by atoms with Gasteiger partial charge in [0.2, 0.25) is 0 Å². The molecule has 2 aliphatic carbocycles. The second kappa shape index (κ2) is 14.6. The number of imidazole rings is 1. The molecule has 2 fully saturated rings. The van der Waals surface area contributed by atoms with Crippen molar-refractivity contribution < 1.29 is 36.3 Å². The Labute approximate surface area is 299 Å². The molecule has 13 nitrogen and oxygen atoms in total. The number of hydrogen-bond donors (Lipinski definition) is 1. The van der Waals surface area contributed by atoms with E-state index in [0.29, 0.717) is 35.6 Å². The van der Waals surface area contributed by atoms with E-state index in [1.54, 1.807) is 89.4 Å². The quantitative estimate of drug-likeness (QED) is 0.137. The number of rotatable bonds is 15. The third kappa shape index (κ3) is 10.7. The Morgan fingerprint density at radius 3 is 1.98 bits per heavy atom. The Kier molecular flexibility index (Phi) is 12.0. The number of fused-ring (bicyclic) bond motifs is 2. The van der Waals surface area contributed by atoms with Crippen LogP contribution in [0.15, 0.2) is 12.4 Å². The summed E-state index contributed by atoms with van der Waals surface area (Å²) in [5, 5.41) is 3.17. The van der Waals surface area contributed by atoms with Gasteiger partial charge in [0.1, 0.15) is 5.52 Å². The molecule has 0 radical (unpaired) electrons. The molecule has 4 rings (SSSR count). The van der Waals surface area contributed by atoms with Gasteiger partial charge in [-0.1, -0.05) is 25.8 Å². The number of allylic oxidation sites excluding steroid dienone is 1. The lowest BCUT2D eigenvalue weighted by Crippen LogP contribution is -2.32. The lowest BCUT2D eigenvalue weighted by Gasteiger charge is -2.35. The third-order valence-corrected chi connectivity index (χ3v) is 12.1. The maximum Gasteiger partial charge on any atom is 0.476 e. The van der Waals surface area contributed by atoms with Crippen molar-refractivity contribution >= 4 is 38.7 Å². The van der Waals surface area contributed by atoms with Gasteiger partial charge in [-0.2, -0.15) is 0 Å². The number of anilines is 1. The van der Waals surface area contributed by atoms with Gasteiger partial charge in [0.15, 0.2) is 17.3 Å². The zero-order chi connectivity index (χ0) is 37.6. The number of phosphoric ester groups is 2. The molecule has 0 bridgehead atoms. The van der Waals surface area contributed by atoms with Crippen molar-refractivity contribution in [2.75, 3.05) is 19.0 Å². The average Bonchev–Trinajstić information content (AvgIpc) is 3.38. The number of hydrogen-bond acceptors (Lipinski definition) is 12. The van der Waals surface area contributed by atoms with Crippen LogP contribution in [0.5, 0.6) is 0 Å². The Hall–Kier alpha value is -1.69. The number of nitrogens with zero attached hydrogens (tertiary/aromatic N) is 4. The fourth-order valence-corrected chi connectivity index (χ4v) is 10.3. The molecule has 4 atom stereocenters. The van der Waals surface area contributed by atoms with E-state index in [-0.39, 0.29) is 18.6 Å². The smallest absolute Gasteiger partial charge is 0.371 e. The van der Waals surface area contributed by atoms with Gasteiger partial charge in [0, 0.05) is 18.5 Å². The number of aromatic nitrogens is 4. The third-order valence-electron chi connectivity index (χ3n) is 8.05. The Morgan fingerprint density at radius 1 is 0.900 bits per heavy atom. The summed E-state index contributed by atoms with van der Waals surface area (Å²) < 4.78 is 67.5. The normalized spacial score (nSPS) is 23.6. The van der Waals surface area contributed by atoms with Crippen LogP contribution in [0.2, 0.25) is 0 Å². The van der Waals surface area contributed by atoms with Gasteiger partial charge in [-0.05, 0) is 114 Å². The number of phosphoric acid groups is 2. The minimum atomic E-state index is -4.14. The van der Waals surface area contributed by atoms with Crippen molar-refractivity contribution in [1.82, 2.24) is 19.5 Å². The molecular formula is C35H61N5O8P2. The Morgan fingerprint density at radius 2 is 1.46 bits per heavy atom. The van der Waals surface area contributed by atoms with Gasteiger partial charge in [0.05, 0.1) is 41.4 Å². The van der Waals surface area contributed by atoms with Crippen LogP contribution in [0.4, 0.5) is 5.82 Å². The highest BCUT2D eigenvalue weighted by atomic mass is 31.2. The summed E-state index contributed by atoms with van der Waals surface area (Å²) in [5.41, 5.74) is -2.67. The van der Waals surface area contributed by atoms with E-state index in [4.69, 9.17) is 37.1 Å². The number of nitrogens with one attached hydrogen (secondary N) is 1. The summed E-state index contributed by atoms with van der Waals surface area (Å²) in [6, 6.07) is -0.172. The van der Waals surface area contributed by atoms with Crippen molar-refractivity contribution in [2.45, 2.75) is 157 Å². The minimum absolute atomic E-state index is 0.0257. The molecular weight excluding hydrogens is 680 g/mol. The highest BCUT2D eigenvalue weighted by Gasteiger charge is 2.70. The van der Waals surface area contributed by atoms with Crippen LogP contribution < -0.4 is 5.32 Å². The molecule has 2 aromatic heterocycles. The van der Waals surface area contributed by atoms with E-state index in [0.717, 1.165) is 19.3 Å². The second-order valence-corrected chi connectivity index (χ2v) is 20.5. The first kappa shape index (κ1) is 41.1. The predicted octanol–water partition coefficient (Wildman–Crippen LogP) is 9.90. The molecule has 0 saturated heterocycles. The largest absolute Gasteiger partial charge is 0.476 e. The first-order chi connectivity index (χ1) is 22.8. The molecule has 2 aliphatic rings. The van der Waals surface area contributed by atoms with Crippen LogP contribution in [-0.4, -0.2) is 61.7 Å². The zero-order valence-electron chi connectivity index (χ0n) is 32.7. The van der Waals surface area contributed by atoms with Crippen LogP contribution >= 0.6 is 15.6 Å². The van der Waals surface area contributed by atoms with Gasteiger partial charge in [-0.3, -0.25) is 27.1 Å². The minimum Gasteiger partial charge on any atom is -0.371 e. The van der Waals surface area contributed by atoms with E-state index >= 15 is 0 Å². The topological polar surface area (TPSA) is 145 Å². The molecule has 15 heteroatoms. The zero-order valence-corrected chi connectivity index (χ0v) is 34.4. The SMILES string of the molecule is CCCC/C=C/c1nc(NC)c2ncn([C@H]3C[C@H](OP(=O)(OC(C)(C)C)OC(C)(C)C)[C@@]4(COP(=O)(OC(C)(C)C)OC(C)(C)C)C[C@H]34)c2n1. The summed E-state index contributed by atoms with van der Waals surface area (Å²) in [6.45, 7) is 23.8. The lowest BCUT2D eigenvalue weighted by molar-refractivity contribution is -0.0352. The molecule has 50 heavy (non-hydrogen) atoms. The highest BCUT2D eigenvalue weighted by molar-refractivity contribution is 7.48. The van der Waals surface area contributed by atoms with Crippen molar-refractivity contribution in [3.05, 3.63) is 18.2 Å². The first-order valence-corrected chi connectivity index (χ1v) is 20.7. The predicted molar refractivity (Wildman–Crippen MR) is 197 cm³/mol. The summed E-state index contributed by atoms with van der Waals surface area (Å²) in [4.78, 5) is 14.3. The summed E-state index contributed by atoms with van der Waals surface area (Å²) in [7, 11) is -6.40. The van der Waals surface area contributed by atoms with E-state index in [1.807, 2.05) is 17.7 Å². The Balaban J connectivity index is 1.77. The fraction of sp³-hybridized carbons (Fsp3) is 0.800. The highest BCUT2D eigenvalue weighted by Crippen LogP contribution is 2.73. The lowest BCUT2D eigenvalue weighted by atomic mass is 10.0. The Bertz CT molecular complexity index is 1580. The maximum atomic E-state index is 14.5. The molecule has 0 unspecified atom stereocenters. The van der Waals surface area contributed by atoms with Crippen LogP contribution in [0.25, 0.3) is 17.2 Å². The van der Waals surface area contributed by atoms with E-state index in [9.17, 15) is 9.13 Å². The monoisotopic (exact) mass is 741 g/mol. The molecule has 0 aliphatic heterocycles. The van der Waals surface area contributed by atoms with Gasteiger partial charge in [-0.15, -0.1) is 0 Å². The maximum absolute atomic E-state index is 14.5. The second-order valence-electron chi connectivity index (χ2n) is 17.5. The standard InChI is InChI=1S/C35H61N5O8P2/c1-15-16-17-18-19-27-38-29(36-14)28-30(39-27)40(23-37-28)25-20-26(44-50(42,47-33(8,9)10)48-34(11,12)13)35(21-24(25)35)22-43-49(41,45-31(2,3)4)46-32(5,6)7/h18-19,23-26H,15-17,20-22H2,1-14H3,(H,36,38,39)/b19-18+/t24-,25+,26+,35-/m1/s1. The summed E-state index contributed by atoms with van der Waals surface area (Å²) in [5.74, 6) is 1.18. The van der Waals surface area contributed by atoms with E-state index < -0.39 is 49.6 Å². The van der Waals surface area contributed by atoms with E-state index in [2.05, 4.69) is 23.3 Å². The van der Waals surface area contributed by atoms with Gasteiger partial charge in [0.25, 0.3) is 0 Å². The van der Waals surface area contributed by atoms with Crippen LogP contribution in [-0.2, 0) is 36.3 Å². The average molecular weight is 742 g/mol. The first-order valence-electron chi connectivity index (χ1n) is 17.7. The van der Waals surface area contributed by atoms with Gasteiger partial charge < -0.3 is 9.88 Å². The molecule has 2 aromatic rings. The summed E-state index contributed by atoms with van der Waals surface area (Å²) >= 11 is 0. The van der Waals surface area contributed by atoms with Crippen LogP contribution in [0, 0.1) is 11.3 Å². The van der Waals surface area contributed by atoms with Crippen LogP contribution in [0.3, 0.4) is 0 Å². The number of unbranched alkanes of at least 4 members (excludes halogenated alkanes) is 2. The van der Waals surface area contributed by atoms with Crippen molar-refractivity contribution in [3.63, 3.8) is 0 Å².